The lowest BCUT2D eigenvalue weighted by molar-refractivity contribution is 0.0702. The maximum absolute atomic E-state index is 10.7. The summed E-state index contributed by atoms with van der Waals surface area (Å²) < 4.78 is 0. The van der Waals surface area contributed by atoms with Crippen molar-refractivity contribution in [1.82, 2.24) is 4.98 Å². The van der Waals surface area contributed by atoms with Gasteiger partial charge in [-0.2, -0.15) is 5.26 Å². The molecule has 0 aliphatic carbocycles. The number of carbonyl (C=O) groups is 1. The highest BCUT2D eigenvalue weighted by Crippen LogP contribution is 2.27. The van der Waals surface area contributed by atoms with Gasteiger partial charge < -0.3 is 5.11 Å². The molecule has 2 aromatic heterocycles. The van der Waals surface area contributed by atoms with Crippen molar-refractivity contribution < 1.29 is 9.90 Å². The van der Waals surface area contributed by atoms with E-state index >= 15 is 0 Å². The van der Waals surface area contributed by atoms with Crippen LogP contribution in [0.4, 0.5) is 0 Å². The molecule has 2 aromatic rings. The van der Waals surface area contributed by atoms with Crippen molar-refractivity contribution in [3.05, 3.63) is 45.9 Å². The molecule has 4 nitrogen and oxygen atoms in total. The van der Waals surface area contributed by atoms with Gasteiger partial charge in [-0.1, -0.05) is 0 Å². The van der Waals surface area contributed by atoms with Crippen LogP contribution in [0.3, 0.4) is 0 Å². The second kappa shape index (κ2) is 5.67. The first-order chi connectivity index (χ1) is 8.69. The molecule has 18 heavy (non-hydrogen) atoms. The second-order valence-corrected chi connectivity index (χ2v) is 5.36. The third-order valence-electron chi connectivity index (χ3n) is 2.13. The molecule has 0 radical (unpaired) electrons. The number of thioether (sulfide) groups is 1. The van der Waals surface area contributed by atoms with E-state index in [4.69, 9.17) is 10.4 Å². The lowest BCUT2D eigenvalue weighted by Crippen LogP contribution is -1.90. The first-order valence-corrected chi connectivity index (χ1v) is 6.85. The number of aromatic carboxylic acids is 1. The molecule has 2 rings (SSSR count). The fraction of sp³-hybridized carbons (Fsp3) is 0.0833. The predicted octanol–water partition coefficient (Wildman–Crippen LogP) is 3.01. The van der Waals surface area contributed by atoms with Crippen LogP contribution in [0.5, 0.6) is 0 Å². The van der Waals surface area contributed by atoms with Crippen LogP contribution >= 0.6 is 23.1 Å². The Morgan fingerprint density at radius 2 is 2.39 bits per heavy atom. The number of nitrogens with zero attached hydrogens (tertiary/aromatic N) is 2. The summed E-state index contributed by atoms with van der Waals surface area (Å²) in [6.45, 7) is 0. The summed E-state index contributed by atoms with van der Waals surface area (Å²) >= 11 is 2.76. The molecule has 0 amide bonds. The Hall–Kier alpha value is -1.84. The standard InChI is InChI=1S/C12H8N2O2S2/c13-5-9-3-8(1-2-14-9)6-17-10-4-11(12(15)16)18-7-10/h1-4,7H,6H2,(H,15,16). The zero-order valence-electron chi connectivity index (χ0n) is 9.16. The van der Waals surface area contributed by atoms with E-state index in [0.717, 1.165) is 10.5 Å². The van der Waals surface area contributed by atoms with Gasteiger partial charge >= 0.3 is 5.97 Å². The van der Waals surface area contributed by atoms with Crippen LogP contribution in [-0.4, -0.2) is 16.1 Å². The first kappa shape index (κ1) is 12.6. The van der Waals surface area contributed by atoms with Gasteiger partial charge in [0.15, 0.2) is 0 Å². The zero-order valence-corrected chi connectivity index (χ0v) is 10.8. The molecular weight excluding hydrogens is 268 g/mol. The minimum absolute atomic E-state index is 0.338. The number of hydrogen-bond donors (Lipinski definition) is 1. The van der Waals surface area contributed by atoms with E-state index in [1.807, 2.05) is 17.5 Å². The van der Waals surface area contributed by atoms with E-state index in [0.29, 0.717) is 16.3 Å². The van der Waals surface area contributed by atoms with Crippen LogP contribution in [0.2, 0.25) is 0 Å². The molecule has 0 aliphatic rings. The molecule has 0 aliphatic heterocycles. The van der Waals surface area contributed by atoms with E-state index in [1.54, 1.807) is 30.1 Å². The van der Waals surface area contributed by atoms with Gasteiger partial charge in [0.05, 0.1) is 0 Å². The Labute approximate surface area is 112 Å². The maximum atomic E-state index is 10.7. The highest BCUT2D eigenvalue weighted by Gasteiger charge is 2.07. The van der Waals surface area contributed by atoms with Gasteiger partial charge in [-0.3, -0.25) is 0 Å². The molecule has 2 heterocycles. The van der Waals surface area contributed by atoms with Crippen molar-refractivity contribution in [2.75, 3.05) is 0 Å². The molecule has 0 saturated carbocycles. The maximum Gasteiger partial charge on any atom is 0.345 e. The molecule has 0 unspecified atom stereocenters. The van der Waals surface area contributed by atoms with Crippen molar-refractivity contribution in [2.45, 2.75) is 10.6 Å². The molecule has 0 atom stereocenters. The number of thiophene rings is 1. The number of carboxylic acids is 1. The number of nitriles is 1. The van der Waals surface area contributed by atoms with Gasteiger partial charge in [-0.05, 0) is 23.8 Å². The lowest BCUT2D eigenvalue weighted by Gasteiger charge is -1.99. The normalized spacial score (nSPS) is 9.94. The van der Waals surface area contributed by atoms with Crippen LogP contribution in [0.1, 0.15) is 20.9 Å². The summed E-state index contributed by atoms with van der Waals surface area (Å²) in [6.07, 6.45) is 1.60. The molecule has 0 fully saturated rings. The minimum Gasteiger partial charge on any atom is -0.477 e. The van der Waals surface area contributed by atoms with Gasteiger partial charge in [0.1, 0.15) is 16.6 Å². The number of hydrogen-bond acceptors (Lipinski definition) is 5. The van der Waals surface area contributed by atoms with Crippen molar-refractivity contribution in [2.24, 2.45) is 0 Å². The Bertz CT molecular complexity index is 617. The van der Waals surface area contributed by atoms with E-state index in [-0.39, 0.29) is 0 Å². The smallest absolute Gasteiger partial charge is 0.345 e. The average Bonchev–Trinajstić information content (AvgIpc) is 2.85. The summed E-state index contributed by atoms with van der Waals surface area (Å²) in [5.41, 5.74) is 1.39. The summed E-state index contributed by atoms with van der Waals surface area (Å²) in [5.74, 6) is -0.213. The molecule has 1 N–H and O–H groups in total. The molecule has 0 aromatic carbocycles. The molecule has 0 spiro atoms. The van der Waals surface area contributed by atoms with E-state index in [1.165, 1.54) is 11.3 Å². The number of carboxylic acid groups (broad SMARTS) is 1. The summed E-state index contributed by atoms with van der Waals surface area (Å²) in [7, 11) is 0. The lowest BCUT2D eigenvalue weighted by atomic mass is 10.2. The van der Waals surface area contributed by atoms with Gasteiger partial charge in [-0.25, -0.2) is 9.78 Å². The molecule has 0 bridgehead atoms. The van der Waals surface area contributed by atoms with E-state index < -0.39 is 5.97 Å². The van der Waals surface area contributed by atoms with Crippen molar-refractivity contribution in [3.63, 3.8) is 0 Å². The van der Waals surface area contributed by atoms with E-state index in [9.17, 15) is 4.79 Å². The molecular formula is C12H8N2O2S2. The third kappa shape index (κ3) is 3.09. The van der Waals surface area contributed by atoms with Crippen LogP contribution < -0.4 is 0 Å². The average molecular weight is 276 g/mol. The number of pyridine rings is 1. The summed E-state index contributed by atoms with van der Waals surface area (Å²) in [4.78, 5) is 15.9. The number of rotatable bonds is 4. The van der Waals surface area contributed by atoms with Crippen LogP contribution in [-0.2, 0) is 5.75 Å². The van der Waals surface area contributed by atoms with Gasteiger partial charge in [0, 0.05) is 22.2 Å². The van der Waals surface area contributed by atoms with E-state index in [2.05, 4.69) is 4.98 Å². The molecule has 90 valence electrons. The Balaban J connectivity index is 2.02. The van der Waals surface area contributed by atoms with Crippen molar-refractivity contribution in [3.8, 4) is 6.07 Å². The third-order valence-corrected chi connectivity index (χ3v) is 4.24. The van der Waals surface area contributed by atoms with Crippen LogP contribution in [0, 0.1) is 11.3 Å². The minimum atomic E-state index is -0.900. The summed E-state index contributed by atoms with van der Waals surface area (Å²) in [6, 6.07) is 7.22. The molecule has 0 saturated heterocycles. The fourth-order valence-corrected chi connectivity index (χ4v) is 3.11. The van der Waals surface area contributed by atoms with Crippen molar-refractivity contribution >= 4 is 29.1 Å². The Morgan fingerprint density at radius 3 is 3.06 bits per heavy atom. The first-order valence-electron chi connectivity index (χ1n) is 4.98. The van der Waals surface area contributed by atoms with Gasteiger partial charge in [-0.15, -0.1) is 23.1 Å². The Morgan fingerprint density at radius 1 is 1.56 bits per heavy atom. The SMILES string of the molecule is N#Cc1cc(CSc2csc(C(=O)O)c2)ccn1. The fourth-order valence-electron chi connectivity index (χ4n) is 1.30. The second-order valence-electron chi connectivity index (χ2n) is 3.40. The largest absolute Gasteiger partial charge is 0.477 e. The highest BCUT2D eigenvalue weighted by atomic mass is 32.2. The monoisotopic (exact) mass is 276 g/mol. The molecule has 6 heteroatoms. The van der Waals surface area contributed by atoms with Gasteiger partial charge in [0.25, 0.3) is 0 Å². The Kier molecular flexibility index (Phi) is 3.97. The zero-order chi connectivity index (χ0) is 13.0. The van der Waals surface area contributed by atoms with Crippen LogP contribution in [0.25, 0.3) is 0 Å². The van der Waals surface area contributed by atoms with Crippen molar-refractivity contribution in [1.29, 1.82) is 5.26 Å². The number of aromatic nitrogens is 1. The summed E-state index contributed by atoms with van der Waals surface area (Å²) in [5, 5.41) is 19.4. The predicted molar refractivity (Wildman–Crippen MR) is 69.8 cm³/mol. The van der Waals surface area contributed by atoms with Gasteiger partial charge in [0.2, 0.25) is 0 Å². The van der Waals surface area contributed by atoms with Crippen LogP contribution in [0.15, 0.2) is 34.7 Å². The quantitative estimate of drug-likeness (QED) is 0.869. The highest BCUT2D eigenvalue weighted by molar-refractivity contribution is 7.98. The topological polar surface area (TPSA) is 74.0 Å².